The molecule has 0 saturated carbocycles. The standard InChI is InChI=1S/C26H23N3O/c1-29(23-13-7-12-21-19-10-5-4-9-18(19)16-22(21)23)26(27)28-25-20-11-6-3-8-17(20)14-15-24(25)30-2/h3-15H,16H2,1-2H3,(H2,27,28). The zero-order chi connectivity index (χ0) is 20.7. The van der Waals surface area contributed by atoms with Crippen molar-refractivity contribution in [3.8, 4) is 16.9 Å². The van der Waals surface area contributed by atoms with Crippen molar-refractivity contribution in [2.75, 3.05) is 19.1 Å². The molecule has 1 aliphatic carbocycles. The molecule has 0 amide bonds. The van der Waals surface area contributed by atoms with Gasteiger partial charge in [0.25, 0.3) is 0 Å². The summed E-state index contributed by atoms with van der Waals surface area (Å²) in [6.45, 7) is 0. The number of guanidine groups is 1. The van der Waals surface area contributed by atoms with E-state index in [2.05, 4.69) is 48.5 Å². The Kier molecular flexibility index (Phi) is 4.40. The van der Waals surface area contributed by atoms with Crippen molar-refractivity contribution in [1.29, 1.82) is 0 Å². The topological polar surface area (TPSA) is 50.9 Å². The van der Waals surface area contributed by atoms with E-state index >= 15 is 0 Å². The van der Waals surface area contributed by atoms with Crippen molar-refractivity contribution in [2.24, 2.45) is 10.7 Å². The summed E-state index contributed by atoms with van der Waals surface area (Å²) in [5, 5.41) is 2.11. The molecule has 4 heteroatoms. The quantitative estimate of drug-likeness (QED) is 0.325. The molecule has 4 aromatic carbocycles. The van der Waals surface area contributed by atoms with E-state index in [1.54, 1.807) is 7.11 Å². The first kappa shape index (κ1) is 18.3. The second kappa shape index (κ2) is 7.23. The zero-order valence-corrected chi connectivity index (χ0v) is 17.1. The van der Waals surface area contributed by atoms with Crippen LogP contribution in [0.3, 0.4) is 0 Å². The molecule has 0 saturated heterocycles. The van der Waals surface area contributed by atoms with Gasteiger partial charge in [-0.25, -0.2) is 4.99 Å². The number of hydrogen-bond acceptors (Lipinski definition) is 2. The Morgan fingerprint density at radius 2 is 1.67 bits per heavy atom. The van der Waals surface area contributed by atoms with Gasteiger partial charge in [0.05, 0.1) is 7.11 Å². The Morgan fingerprint density at radius 3 is 2.53 bits per heavy atom. The molecule has 0 aromatic heterocycles. The Labute approximate surface area is 176 Å². The summed E-state index contributed by atoms with van der Waals surface area (Å²) < 4.78 is 5.57. The van der Waals surface area contributed by atoms with E-state index in [0.29, 0.717) is 11.7 Å². The minimum Gasteiger partial charge on any atom is -0.494 e. The summed E-state index contributed by atoms with van der Waals surface area (Å²) in [5.74, 6) is 1.13. The lowest BCUT2D eigenvalue weighted by atomic mass is 10.0. The maximum Gasteiger partial charge on any atom is 0.200 e. The van der Waals surface area contributed by atoms with E-state index in [-0.39, 0.29) is 0 Å². The van der Waals surface area contributed by atoms with Crippen molar-refractivity contribution in [2.45, 2.75) is 6.42 Å². The number of nitrogens with two attached hydrogens (primary N) is 1. The van der Waals surface area contributed by atoms with E-state index in [4.69, 9.17) is 15.5 Å². The van der Waals surface area contributed by atoms with Crippen LogP contribution in [-0.4, -0.2) is 20.1 Å². The maximum atomic E-state index is 6.52. The SMILES string of the molecule is COc1ccc2ccccc2c1N=C(N)N(C)c1cccc2c1Cc1ccccc1-2. The molecule has 148 valence electrons. The van der Waals surface area contributed by atoms with E-state index in [9.17, 15) is 0 Å². The molecule has 4 nitrogen and oxygen atoms in total. The van der Waals surface area contributed by atoms with E-state index < -0.39 is 0 Å². The zero-order valence-electron chi connectivity index (χ0n) is 17.1. The van der Waals surface area contributed by atoms with Crippen molar-refractivity contribution in [1.82, 2.24) is 0 Å². The number of nitrogens with zero attached hydrogens (tertiary/aromatic N) is 2. The highest BCUT2D eigenvalue weighted by atomic mass is 16.5. The minimum atomic E-state index is 0.425. The molecule has 30 heavy (non-hydrogen) atoms. The van der Waals surface area contributed by atoms with Crippen LogP contribution < -0.4 is 15.4 Å². The predicted molar refractivity (Wildman–Crippen MR) is 125 cm³/mol. The van der Waals surface area contributed by atoms with Crippen LogP contribution in [0.1, 0.15) is 11.1 Å². The summed E-state index contributed by atoms with van der Waals surface area (Å²) in [6.07, 6.45) is 0.900. The average Bonchev–Trinajstić information content (AvgIpc) is 3.17. The van der Waals surface area contributed by atoms with Gasteiger partial charge >= 0.3 is 0 Å². The third kappa shape index (κ3) is 2.89. The molecule has 0 radical (unpaired) electrons. The fraction of sp³-hybridized carbons (Fsp3) is 0.115. The number of fused-ring (bicyclic) bond motifs is 4. The molecule has 5 rings (SSSR count). The van der Waals surface area contributed by atoms with Gasteiger partial charge in [-0.2, -0.15) is 0 Å². The molecule has 0 fully saturated rings. The molecule has 2 N–H and O–H groups in total. The van der Waals surface area contributed by atoms with Crippen molar-refractivity contribution in [3.05, 3.63) is 90.0 Å². The lowest BCUT2D eigenvalue weighted by Gasteiger charge is -2.22. The number of aliphatic imine (C=N–C) groups is 1. The third-order valence-electron chi connectivity index (χ3n) is 5.84. The van der Waals surface area contributed by atoms with Crippen LogP contribution in [0.4, 0.5) is 11.4 Å². The first-order chi connectivity index (χ1) is 14.7. The van der Waals surface area contributed by atoms with Crippen LogP contribution in [-0.2, 0) is 6.42 Å². The Morgan fingerprint density at radius 1 is 0.900 bits per heavy atom. The molecule has 1 aliphatic rings. The number of ether oxygens (including phenoxy) is 1. The van der Waals surface area contributed by atoms with Crippen molar-refractivity contribution < 1.29 is 4.74 Å². The second-order valence-electron chi connectivity index (χ2n) is 7.50. The molecule has 0 heterocycles. The van der Waals surface area contributed by atoms with Gasteiger partial charge in [-0.05, 0) is 39.8 Å². The first-order valence-electron chi connectivity index (χ1n) is 10.0. The molecular weight excluding hydrogens is 370 g/mol. The van der Waals surface area contributed by atoms with Gasteiger partial charge in [-0.15, -0.1) is 0 Å². The Hall–Kier alpha value is -3.79. The van der Waals surface area contributed by atoms with Gasteiger partial charge in [0, 0.05) is 24.5 Å². The van der Waals surface area contributed by atoms with Crippen LogP contribution in [0.2, 0.25) is 0 Å². The molecule has 0 atom stereocenters. The van der Waals surface area contributed by atoms with Crippen LogP contribution in [0.15, 0.2) is 83.9 Å². The maximum absolute atomic E-state index is 6.52. The Balaban J connectivity index is 1.59. The lowest BCUT2D eigenvalue weighted by molar-refractivity contribution is 0.416. The van der Waals surface area contributed by atoms with Crippen LogP contribution in [0.5, 0.6) is 5.75 Å². The van der Waals surface area contributed by atoms with Gasteiger partial charge in [-0.3, -0.25) is 0 Å². The second-order valence-corrected chi connectivity index (χ2v) is 7.50. The highest BCUT2D eigenvalue weighted by Crippen LogP contribution is 2.41. The van der Waals surface area contributed by atoms with E-state index in [0.717, 1.165) is 28.6 Å². The van der Waals surface area contributed by atoms with E-state index in [1.165, 1.54) is 22.3 Å². The summed E-state index contributed by atoms with van der Waals surface area (Å²) in [7, 11) is 3.62. The number of hydrogen-bond donors (Lipinski definition) is 1. The lowest BCUT2D eigenvalue weighted by Crippen LogP contribution is -2.34. The fourth-order valence-electron chi connectivity index (χ4n) is 4.28. The van der Waals surface area contributed by atoms with Crippen molar-refractivity contribution >= 4 is 28.1 Å². The monoisotopic (exact) mass is 393 g/mol. The smallest absolute Gasteiger partial charge is 0.200 e. The molecule has 0 aliphatic heterocycles. The molecular formula is C26H23N3O. The normalized spacial score (nSPS) is 12.5. The first-order valence-corrected chi connectivity index (χ1v) is 10.0. The largest absolute Gasteiger partial charge is 0.494 e. The number of methoxy groups -OCH3 is 1. The van der Waals surface area contributed by atoms with Crippen LogP contribution in [0.25, 0.3) is 21.9 Å². The molecule has 0 spiro atoms. The predicted octanol–water partition coefficient (Wildman–Crippen LogP) is 5.50. The van der Waals surface area contributed by atoms with Crippen LogP contribution in [0, 0.1) is 0 Å². The fourth-order valence-corrected chi connectivity index (χ4v) is 4.28. The highest BCUT2D eigenvalue weighted by Gasteiger charge is 2.23. The van der Waals surface area contributed by atoms with Gasteiger partial charge < -0.3 is 15.4 Å². The molecule has 4 aromatic rings. The van der Waals surface area contributed by atoms with Crippen molar-refractivity contribution in [3.63, 3.8) is 0 Å². The Bertz CT molecular complexity index is 1290. The van der Waals surface area contributed by atoms with Gasteiger partial charge in [0.15, 0.2) is 0 Å². The third-order valence-corrected chi connectivity index (χ3v) is 5.84. The summed E-state index contributed by atoms with van der Waals surface area (Å²) in [4.78, 5) is 6.77. The van der Waals surface area contributed by atoms with Gasteiger partial charge in [0.1, 0.15) is 11.4 Å². The summed E-state index contributed by atoms with van der Waals surface area (Å²) in [5.41, 5.74) is 13.5. The highest BCUT2D eigenvalue weighted by molar-refractivity contribution is 6.03. The average molecular weight is 393 g/mol. The van der Waals surface area contributed by atoms with Gasteiger partial charge in [-0.1, -0.05) is 66.7 Å². The number of anilines is 1. The van der Waals surface area contributed by atoms with Gasteiger partial charge in [0.2, 0.25) is 5.96 Å². The van der Waals surface area contributed by atoms with Crippen LogP contribution >= 0.6 is 0 Å². The number of rotatable bonds is 3. The van der Waals surface area contributed by atoms with E-state index in [1.807, 2.05) is 42.3 Å². The molecule has 0 unspecified atom stereocenters. The molecule has 0 bridgehead atoms. The summed E-state index contributed by atoms with van der Waals surface area (Å²) in [6, 6.07) is 27.0. The summed E-state index contributed by atoms with van der Waals surface area (Å²) >= 11 is 0. The minimum absolute atomic E-state index is 0.425. The number of benzene rings is 4.